The predicted octanol–water partition coefficient (Wildman–Crippen LogP) is 1.28. The number of carbonyl (C=O) groups is 1. The molecule has 124 valence electrons. The van der Waals surface area contributed by atoms with E-state index in [4.69, 9.17) is 13.9 Å². The number of morpholine rings is 1. The first-order valence-corrected chi connectivity index (χ1v) is 7.75. The fraction of sp³-hybridized carbons (Fsp3) is 0.733. The van der Waals surface area contributed by atoms with E-state index in [2.05, 4.69) is 10.3 Å². The molecule has 22 heavy (non-hydrogen) atoms. The first kappa shape index (κ1) is 16.8. The van der Waals surface area contributed by atoms with E-state index in [9.17, 15) is 4.79 Å². The van der Waals surface area contributed by atoms with Crippen molar-refractivity contribution in [1.82, 2.24) is 15.2 Å². The minimum Gasteiger partial charge on any atom is -0.446 e. The standard InChI is InChI=1S/C15H25N3O4/c1-4-20-10-13-9-18(7-8-21-13)15(19)16-6-5-14-11(2)22-12(3)17-14/h13H,4-10H2,1-3H3,(H,16,19). The maximum atomic E-state index is 12.2. The van der Waals surface area contributed by atoms with Gasteiger partial charge in [0.15, 0.2) is 5.89 Å². The van der Waals surface area contributed by atoms with Crippen molar-refractivity contribution in [3.05, 3.63) is 17.3 Å². The second-order valence-electron chi connectivity index (χ2n) is 5.32. The summed E-state index contributed by atoms with van der Waals surface area (Å²) < 4.78 is 16.3. The molecule has 2 rings (SSSR count). The largest absolute Gasteiger partial charge is 0.446 e. The van der Waals surface area contributed by atoms with Crippen molar-refractivity contribution in [2.24, 2.45) is 0 Å². The Morgan fingerprint density at radius 3 is 3.00 bits per heavy atom. The summed E-state index contributed by atoms with van der Waals surface area (Å²) in [4.78, 5) is 18.2. The number of nitrogens with one attached hydrogen (secondary N) is 1. The van der Waals surface area contributed by atoms with Gasteiger partial charge in [-0.05, 0) is 13.8 Å². The van der Waals surface area contributed by atoms with Crippen LogP contribution in [0.1, 0.15) is 24.3 Å². The summed E-state index contributed by atoms with van der Waals surface area (Å²) in [6.45, 7) is 9.09. The molecule has 0 saturated carbocycles. The van der Waals surface area contributed by atoms with Gasteiger partial charge in [-0.2, -0.15) is 0 Å². The van der Waals surface area contributed by atoms with Crippen LogP contribution in [-0.4, -0.2) is 61.5 Å². The van der Waals surface area contributed by atoms with E-state index in [1.54, 1.807) is 4.90 Å². The third-order valence-electron chi connectivity index (χ3n) is 3.57. The summed E-state index contributed by atoms with van der Waals surface area (Å²) in [5.74, 6) is 1.47. The number of oxazole rings is 1. The topological polar surface area (TPSA) is 76.8 Å². The minimum absolute atomic E-state index is 0.0418. The molecule has 2 heterocycles. The molecule has 7 heteroatoms. The molecule has 1 saturated heterocycles. The van der Waals surface area contributed by atoms with Crippen molar-refractivity contribution >= 4 is 6.03 Å². The van der Waals surface area contributed by atoms with Crippen LogP contribution in [0.4, 0.5) is 4.79 Å². The first-order valence-electron chi connectivity index (χ1n) is 7.75. The number of rotatable bonds is 6. The monoisotopic (exact) mass is 311 g/mol. The zero-order valence-electron chi connectivity index (χ0n) is 13.6. The summed E-state index contributed by atoms with van der Waals surface area (Å²) in [7, 11) is 0. The van der Waals surface area contributed by atoms with E-state index in [-0.39, 0.29) is 12.1 Å². The van der Waals surface area contributed by atoms with Crippen LogP contribution >= 0.6 is 0 Å². The van der Waals surface area contributed by atoms with Crippen LogP contribution < -0.4 is 5.32 Å². The number of aromatic nitrogens is 1. The molecule has 1 fully saturated rings. The highest BCUT2D eigenvalue weighted by atomic mass is 16.5. The number of amides is 2. The quantitative estimate of drug-likeness (QED) is 0.856. The molecule has 1 N–H and O–H groups in total. The van der Waals surface area contributed by atoms with Crippen molar-refractivity contribution in [2.45, 2.75) is 33.3 Å². The fourth-order valence-corrected chi connectivity index (χ4v) is 2.46. The summed E-state index contributed by atoms with van der Waals surface area (Å²) >= 11 is 0. The van der Waals surface area contributed by atoms with E-state index < -0.39 is 0 Å². The number of hydrogen-bond donors (Lipinski definition) is 1. The van der Waals surface area contributed by atoms with E-state index in [0.29, 0.717) is 51.8 Å². The number of nitrogens with zero attached hydrogens (tertiary/aromatic N) is 2. The Morgan fingerprint density at radius 2 is 2.32 bits per heavy atom. The van der Waals surface area contributed by atoms with Crippen LogP contribution in [0.5, 0.6) is 0 Å². The number of urea groups is 1. The van der Waals surface area contributed by atoms with E-state index in [0.717, 1.165) is 11.5 Å². The van der Waals surface area contributed by atoms with Gasteiger partial charge >= 0.3 is 6.03 Å². The SMILES string of the molecule is CCOCC1CN(C(=O)NCCc2nc(C)oc2C)CCO1. The Balaban J connectivity index is 1.73. The van der Waals surface area contributed by atoms with Crippen molar-refractivity contribution in [2.75, 3.05) is 39.5 Å². The third-order valence-corrected chi connectivity index (χ3v) is 3.57. The van der Waals surface area contributed by atoms with Crippen molar-refractivity contribution in [3.63, 3.8) is 0 Å². The summed E-state index contributed by atoms with van der Waals surface area (Å²) in [6.07, 6.45) is 0.627. The summed E-state index contributed by atoms with van der Waals surface area (Å²) in [6, 6.07) is -0.0670. The molecule has 0 bridgehead atoms. The molecule has 1 aromatic heterocycles. The first-order chi connectivity index (χ1) is 10.6. The Kier molecular flexibility index (Phi) is 6.21. The molecule has 7 nitrogen and oxygen atoms in total. The predicted molar refractivity (Wildman–Crippen MR) is 80.9 cm³/mol. The van der Waals surface area contributed by atoms with Gasteiger partial charge in [-0.15, -0.1) is 0 Å². The number of aryl methyl sites for hydroxylation is 2. The van der Waals surface area contributed by atoms with Crippen LogP contribution in [0, 0.1) is 13.8 Å². The maximum absolute atomic E-state index is 12.2. The molecule has 0 radical (unpaired) electrons. The number of hydrogen-bond acceptors (Lipinski definition) is 5. The van der Waals surface area contributed by atoms with Gasteiger partial charge in [0.05, 0.1) is 31.6 Å². The van der Waals surface area contributed by atoms with Gasteiger partial charge in [-0.1, -0.05) is 0 Å². The van der Waals surface area contributed by atoms with Gasteiger partial charge in [-0.25, -0.2) is 9.78 Å². The zero-order valence-corrected chi connectivity index (χ0v) is 13.6. The Bertz CT molecular complexity index is 489. The number of carbonyl (C=O) groups excluding carboxylic acids is 1. The second kappa shape index (κ2) is 8.14. The molecule has 2 amide bonds. The highest BCUT2D eigenvalue weighted by Crippen LogP contribution is 2.09. The average Bonchev–Trinajstić information content (AvgIpc) is 2.83. The lowest BCUT2D eigenvalue weighted by atomic mass is 10.2. The molecule has 1 aromatic rings. The van der Waals surface area contributed by atoms with Gasteiger partial charge < -0.3 is 24.1 Å². The second-order valence-corrected chi connectivity index (χ2v) is 5.32. The molecule has 1 unspecified atom stereocenters. The lowest BCUT2D eigenvalue weighted by Gasteiger charge is -2.32. The fourth-order valence-electron chi connectivity index (χ4n) is 2.46. The van der Waals surface area contributed by atoms with E-state index in [1.165, 1.54) is 0 Å². The van der Waals surface area contributed by atoms with Gasteiger partial charge in [0.25, 0.3) is 0 Å². The Hall–Kier alpha value is -1.60. The molecule has 1 aliphatic rings. The maximum Gasteiger partial charge on any atom is 0.317 e. The lowest BCUT2D eigenvalue weighted by molar-refractivity contribution is -0.0566. The molecule has 0 spiro atoms. The molecular weight excluding hydrogens is 286 g/mol. The normalized spacial score (nSPS) is 18.5. The minimum atomic E-state index is -0.0670. The molecule has 1 aliphatic heterocycles. The number of ether oxygens (including phenoxy) is 2. The van der Waals surface area contributed by atoms with Crippen LogP contribution in [0.2, 0.25) is 0 Å². The highest BCUT2D eigenvalue weighted by molar-refractivity contribution is 5.74. The van der Waals surface area contributed by atoms with Crippen molar-refractivity contribution < 1.29 is 18.7 Å². The smallest absolute Gasteiger partial charge is 0.317 e. The summed E-state index contributed by atoms with van der Waals surface area (Å²) in [5, 5.41) is 2.92. The van der Waals surface area contributed by atoms with Crippen molar-refractivity contribution in [1.29, 1.82) is 0 Å². The van der Waals surface area contributed by atoms with Crippen LogP contribution in [0.15, 0.2) is 4.42 Å². The van der Waals surface area contributed by atoms with Gasteiger partial charge in [0.1, 0.15) is 5.76 Å². The van der Waals surface area contributed by atoms with E-state index in [1.807, 2.05) is 20.8 Å². The van der Waals surface area contributed by atoms with Gasteiger partial charge in [-0.3, -0.25) is 0 Å². The molecular formula is C15H25N3O4. The van der Waals surface area contributed by atoms with Gasteiger partial charge in [0, 0.05) is 33.0 Å². The Labute approximate surface area is 131 Å². The van der Waals surface area contributed by atoms with Crippen LogP contribution in [0.3, 0.4) is 0 Å². The lowest BCUT2D eigenvalue weighted by Crippen LogP contribution is -2.51. The highest BCUT2D eigenvalue weighted by Gasteiger charge is 2.24. The van der Waals surface area contributed by atoms with Gasteiger partial charge in [0.2, 0.25) is 0 Å². The third kappa shape index (κ3) is 4.71. The Morgan fingerprint density at radius 1 is 1.50 bits per heavy atom. The molecule has 0 aliphatic carbocycles. The molecule has 1 atom stereocenters. The average molecular weight is 311 g/mol. The van der Waals surface area contributed by atoms with Crippen molar-refractivity contribution in [3.8, 4) is 0 Å². The summed E-state index contributed by atoms with van der Waals surface area (Å²) in [5.41, 5.74) is 0.897. The molecule has 0 aromatic carbocycles. The van der Waals surface area contributed by atoms with Crippen LogP contribution in [-0.2, 0) is 15.9 Å². The van der Waals surface area contributed by atoms with E-state index >= 15 is 0 Å². The van der Waals surface area contributed by atoms with Crippen LogP contribution in [0.25, 0.3) is 0 Å². The zero-order chi connectivity index (χ0) is 15.9.